The van der Waals surface area contributed by atoms with Crippen LogP contribution >= 0.6 is 15.9 Å². The van der Waals surface area contributed by atoms with E-state index in [-0.39, 0.29) is 5.82 Å². The first-order valence-electron chi connectivity index (χ1n) is 5.14. The zero-order chi connectivity index (χ0) is 11.8. The summed E-state index contributed by atoms with van der Waals surface area (Å²) in [4.78, 5) is 14.3. The van der Waals surface area contributed by atoms with Gasteiger partial charge in [0.2, 0.25) is 6.08 Å². The highest BCUT2D eigenvalue weighted by molar-refractivity contribution is 9.10. The van der Waals surface area contributed by atoms with Crippen molar-refractivity contribution in [3.63, 3.8) is 0 Å². The SMILES string of the molecule is Cc1cc(F)c(Br)c(C2(N=C=O)CCC2)c1. The van der Waals surface area contributed by atoms with E-state index in [0.29, 0.717) is 4.47 Å². The van der Waals surface area contributed by atoms with E-state index in [0.717, 1.165) is 30.4 Å². The van der Waals surface area contributed by atoms with Crippen LogP contribution in [0.4, 0.5) is 4.39 Å². The first-order chi connectivity index (χ1) is 7.59. The van der Waals surface area contributed by atoms with Crippen LogP contribution in [-0.2, 0) is 10.3 Å². The predicted octanol–water partition coefficient (Wildman–Crippen LogP) is 3.61. The second kappa shape index (κ2) is 4.11. The molecule has 1 aliphatic carbocycles. The van der Waals surface area contributed by atoms with Crippen molar-refractivity contribution < 1.29 is 9.18 Å². The molecule has 0 aliphatic heterocycles. The third-order valence-corrected chi connectivity index (χ3v) is 3.92. The van der Waals surface area contributed by atoms with Crippen molar-refractivity contribution in [1.29, 1.82) is 0 Å². The Labute approximate surface area is 102 Å². The first-order valence-corrected chi connectivity index (χ1v) is 5.93. The highest BCUT2D eigenvalue weighted by Gasteiger charge is 2.40. The molecule has 0 spiro atoms. The monoisotopic (exact) mass is 283 g/mol. The van der Waals surface area contributed by atoms with Crippen LogP contribution < -0.4 is 0 Å². The summed E-state index contributed by atoms with van der Waals surface area (Å²) >= 11 is 3.23. The molecule has 16 heavy (non-hydrogen) atoms. The molecule has 1 aromatic rings. The highest BCUT2D eigenvalue weighted by Crippen LogP contribution is 2.47. The van der Waals surface area contributed by atoms with Crippen LogP contribution in [0.5, 0.6) is 0 Å². The lowest BCUT2D eigenvalue weighted by Crippen LogP contribution is -2.32. The molecule has 0 unspecified atom stereocenters. The summed E-state index contributed by atoms with van der Waals surface area (Å²) < 4.78 is 14.0. The zero-order valence-corrected chi connectivity index (χ0v) is 10.5. The fourth-order valence-electron chi connectivity index (χ4n) is 2.10. The van der Waals surface area contributed by atoms with Crippen LogP contribution in [-0.4, -0.2) is 6.08 Å². The molecule has 0 aromatic heterocycles. The van der Waals surface area contributed by atoms with E-state index in [2.05, 4.69) is 20.9 Å². The van der Waals surface area contributed by atoms with Crippen molar-refractivity contribution in [2.75, 3.05) is 0 Å². The number of halogens is 2. The van der Waals surface area contributed by atoms with Gasteiger partial charge >= 0.3 is 0 Å². The Morgan fingerprint density at radius 1 is 1.50 bits per heavy atom. The largest absolute Gasteiger partial charge is 0.235 e. The Bertz CT molecular complexity index is 476. The lowest BCUT2D eigenvalue weighted by Gasteiger charge is -2.38. The van der Waals surface area contributed by atoms with Gasteiger partial charge in [0, 0.05) is 0 Å². The van der Waals surface area contributed by atoms with Crippen LogP contribution in [0.3, 0.4) is 0 Å². The number of hydrogen-bond acceptors (Lipinski definition) is 2. The number of rotatable bonds is 2. The number of carbonyl (C=O) groups excluding carboxylic acids is 1. The van der Waals surface area contributed by atoms with Gasteiger partial charge in [-0.1, -0.05) is 6.07 Å². The molecule has 0 atom stereocenters. The third kappa shape index (κ3) is 1.72. The molecule has 1 aliphatic rings. The van der Waals surface area contributed by atoms with Crippen molar-refractivity contribution >= 4 is 22.0 Å². The van der Waals surface area contributed by atoms with Crippen LogP contribution in [0.2, 0.25) is 0 Å². The van der Waals surface area contributed by atoms with E-state index >= 15 is 0 Å². The third-order valence-electron chi connectivity index (χ3n) is 3.11. The Morgan fingerprint density at radius 2 is 2.19 bits per heavy atom. The highest BCUT2D eigenvalue weighted by atomic mass is 79.9. The van der Waals surface area contributed by atoms with E-state index in [9.17, 15) is 9.18 Å². The molecule has 0 radical (unpaired) electrons. The number of nitrogens with zero attached hydrogens (tertiary/aromatic N) is 1. The maximum atomic E-state index is 13.6. The Balaban J connectivity index is 2.58. The number of hydrogen-bond donors (Lipinski definition) is 0. The Morgan fingerprint density at radius 3 is 2.69 bits per heavy atom. The molecule has 0 saturated heterocycles. The van der Waals surface area contributed by atoms with Gasteiger partial charge < -0.3 is 0 Å². The van der Waals surface area contributed by atoms with Gasteiger partial charge in [0.1, 0.15) is 5.82 Å². The standard InChI is InChI=1S/C12H11BrFNO/c1-8-5-9(11(13)10(14)6-8)12(15-7-16)3-2-4-12/h5-6H,2-4H2,1H3. The molecule has 1 saturated carbocycles. The van der Waals surface area contributed by atoms with Crippen molar-refractivity contribution in [1.82, 2.24) is 0 Å². The van der Waals surface area contributed by atoms with Gasteiger partial charge in [0.15, 0.2) is 0 Å². The molecule has 0 amide bonds. The molecule has 4 heteroatoms. The summed E-state index contributed by atoms with van der Waals surface area (Å²) in [5.74, 6) is -0.303. The Hall–Kier alpha value is -0.990. The molecule has 0 N–H and O–H groups in total. The zero-order valence-electron chi connectivity index (χ0n) is 8.89. The lowest BCUT2D eigenvalue weighted by molar-refractivity contribution is 0.253. The number of aryl methyl sites for hydroxylation is 1. The van der Waals surface area contributed by atoms with Crippen molar-refractivity contribution in [2.45, 2.75) is 31.7 Å². The molecular weight excluding hydrogens is 273 g/mol. The minimum Gasteiger partial charge on any atom is -0.211 e. The van der Waals surface area contributed by atoms with Crippen molar-refractivity contribution in [3.8, 4) is 0 Å². The average molecular weight is 284 g/mol. The Kier molecular flexibility index (Phi) is 2.96. The van der Waals surface area contributed by atoms with Crippen LogP contribution in [0.15, 0.2) is 21.6 Å². The number of aliphatic imine (C=N–C) groups is 1. The van der Waals surface area contributed by atoms with E-state index in [1.165, 1.54) is 6.07 Å². The quantitative estimate of drug-likeness (QED) is 0.602. The summed E-state index contributed by atoms with van der Waals surface area (Å²) in [7, 11) is 0. The maximum Gasteiger partial charge on any atom is 0.235 e. The summed E-state index contributed by atoms with van der Waals surface area (Å²) in [5, 5.41) is 0. The average Bonchev–Trinajstić information content (AvgIpc) is 2.17. The fraction of sp³-hybridized carbons (Fsp3) is 0.417. The molecule has 0 bridgehead atoms. The maximum absolute atomic E-state index is 13.6. The van der Waals surface area contributed by atoms with Crippen molar-refractivity contribution in [2.24, 2.45) is 4.99 Å². The van der Waals surface area contributed by atoms with Crippen LogP contribution in [0.25, 0.3) is 0 Å². The summed E-state index contributed by atoms with van der Waals surface area (Å²) in [6, 6.07) is 3.34. The lowest BCUT2D eigenvalue weighted by atomic mass is 9.72. The van der Waals surface area contributed by atoms with Gasteiger partial charge in [-0.05, 0) is 59.3 Å². The summed E-state index contributed by atoms with van der Waals surface area (Å²) in [6.45, 7) is 1.83. The normalized spacial score (nSPS) is 17.4. The molecule has 0 heterocycles. The van der Waals surface area contributed by atoms with Gasteiger partial charge in [-0.15, -0.1) is 0 Å². The summed E-state index contributed by atoms with van der Waals surface area (Å²) in [6.07, 6.45) is 4.18. The molecule has 1 fully saturated rings. The molecule has 2 rings (SSSR count). The molecule has 84 valence electrons. The topological polar surface area (TPSA) is 29.4 Å². The van der Waals surface area contributed by atoms with E-state index in [4.69, 9.17) is 0 Å². The minimum atomic E-state index is -0.548. The number of benzene rings is 1. The van der Waals surface area contributed by atoms with Gasteiger partial charge in [-0.25, -0.2) is 9.18 Å². The fourth-order valence-corrected chi connectivity index (χ4v) is 2.70. The summed E-state index contributed by atoms with van der Waals surface area (Å²) in [5.41, 5.74) is 1.05. The molecule has 1 aromatic carbocycles. The predicted molar refractivity (Wildman–Crippen MR) is 62.5 cm³/mol. The van der Waals surface area contributed by atoms with Crippen LogP contribution in [0, 0.1) is 12.7 Å². The molecular formula is C12H11BrFNO. The number of isocyanates is 1. The van der Waals surface area contributed by atoms with Gasteiger partial charge in [0.05, 0.1) is 10.0 Å². The molecule has 2 nitrogen and oxygen atoms in total. The van der Waals surface area contributed by atoms with E-state index < -0.39 is 5.54 Å². The van der Waals surface area contributed by atoms with Crippen molar-refractivity contribution in [3.05, 3.63) is 33.5 Å². The second-order valence-corrected chi connectivity index (χ2v) is 4.99. The van der Waals surface area contributed by atoms with Crippen LogP contribution in [0.1, 0.15) is 30.4 Å². The second-order valence-electron chi connectivity index (χ2n) is 4.20. The van der Waals surface area contributed by atoms with E-state index in [1.807, 2.05) is 13.0 Å². The smallest absolute Gasteiger partial charge is 0.211 e. The first kappa shape index (κ1) is 11.5. The van der Waals surface area contributed by atoms with E-state index in [1.54, 1.807) is 6.08 Å². The van der Waals surface area contributed by atoms with Gasteiger partial charge in [-0.2, -0.15) is 4.99 Å². The van der Waals surface area contributed by atoms with Gasteiger partial charge in [0.25, 0.3) is 0 Å². The minimum absolute atomic E-state index is 0.303. The van der Waals surface area contributed by atoms with Gasteiger partial charge in [-0.3, -0.25) is 0 Å².